The number of hydrogen-bond acceptors (Lipinski definition) is 4. The molecule has 0 fully saturated rings. The van der Waals surface area contributed by atoms with E-state index in [4.69, 9.17) is 0 Å². The van der Waals surface area contributed by atoms with Gasteiger partial charge in [0, 0.05) is 27.5 Å². The van der Waals surface area contributed by atoms with Crippen molar-refractivity contribution in [2.75, 3.05) is 5.32 Å². The van der Waals surface area contributed by atoms with Gasteiger partial charge in [0.1, 0.15) is 5.82 Å². The van der Waals surface area contributed by atoms with Gasteiger partial charge in [-0.3, -0.25) is 14.9 Å². The first kappa shape index (κ1) is 14.4. The van der Waals surface area contributed by atoms with Gasteiger partial charge < -0.3 is 5.32 Å². The second-order valence-electron chi connectivity index (χ2n) is 4.08. The quantitative estimate of drug-likeness (QED) is 0.501. The van der Waals surface area contributed by atoms with Crippen molar-refractivity contribution >= 4 is 40.0 Å². The molecule has 1 N–H and O–H groups in total. The summed E-state index contributed by atoms with van der Waals surface area (Å²) in [6, 6.07) is 7.32. The van der Waals surface area contributed by atoms with E-state index in [9.17, 15) is 14.9 Å². The van der Waals surface area contributed by atoms with Crippen molar-refractivity contribution in [1.82, 2.24) is 4.98 Å². The van der Waals surface area contributed by atoms with E-state index in [2.05, 4.69) is 32.9 Å². The number of nitrogens with one attached hydrogen (secondary N) is 1. The third kappa shape index (κ3) is 3.29. The van der Waals surface area contributed by atoms with Crippen LogP contribution in [0.25, 0.3) is 0 Å². The molecule has 2 rings (SSSR count). The Balaban J connectivity index is 2.17. The number of aromatic nitrogens is 1. The molecule has 0 saturated heterocycles. The number of carbonyl (C=O) groups is 1. The zero-order valence-corrected chi connectivity index (χ0v) is 12.6. The van der Waals surface area contributed by atoms with Crippen molar-refractivity contribution < 1.29 is 9.72 Å². The topological polar surface area (TPSA) is 85.1 Å². The molecule has 0 unspecified atom stereocenters. The summed E-state index contributed by atoms with van der Waals surface area (Å²) in [5.41, 5.74) is 1.15. The van der Waals surface area contributed by atoms with Crippen LogP contribution in [-0.2, 0) is 0 Å². The van der Waals surface area contributed by atoms with Gasteiger partial charge in [-0.15, -0.1) is 0 Å². The third-order valence-corrected chi connectivity index (χ3v) is 3.21. The van der Waals surface area contributed by atoms with Crippen LogP contribution in [0.5, 0.6) is 0 Å². The van der Waals surface area contributed by atoms with Crippen LogP contribution in [0.1, 0.15) is 15.9 Å². The third-order valence-electron chi connectivity index (χ3n) is 2.62. The number of pyridine rings is 1. The smallest absolute Gasteiger partial charge is 0.269 e. The lowest BCUT2D eigenvalue weighted by Crippen LogP contribution is -2.14. The largest absolute Gasteiger partial charge is 0.306 e. The molecule has 0 atom stereocenters. The first-order valence-corrected chi connectivity index (χ1v) is 6.73. The zero-order valence-electron chi connectivity index (χ0n) is 10.5. The molecule has 0 aliphatic rings. The second kappa shape index (κ2) is 5.95. The Kier molecular flexibility index (Phi) is 4.28. The summed E-state index contributed by atoms with van der Waals surface area (Å²) in [5.74, 6) is 0.130. The minimum absolute atomic E-state index is 0.0508. The maximum atomic E-state index is 12.0. The lowest BCUT2D eigenvalue weighted by atomic mass is 10.2. The van der Waals surface area contributed by atoms with Crippen LogP contribution in [-0.4, -0.2) is 15.8 Å². The van der Waals surface area contributed by atoms with Gasteiger partial charge in [0.15, 0.2) is 0 Å². The number of amides is 1. The molecule has 2 aromatic rings. The lowest BCUT2D eigenvalue weighted by molar-refractivity contribution is -0.384. The molecule has 0 bridgehead atoms. The van der Waals surface area contributed by atoms with Crippen LogP contribution in [0.2, 0.25) is 0 Å². The predicted octanol–water partition coefficient (Wildman–Crippen LogP) is 3.16. The van der Waals surface area contributed by atoms with Gasteiger partial charge >= 0.3 is 0 Å². The maximum Gasteiger partial charge on any atom is 0.269 e. The van der Waals surface area contributed by atoms with Crippen LogP contribution in [0.4, 0.5) is 11.5 Å². The molecule has 20 heavy (non-hydrogen) atoms. The predicted molar refractivity (Wildman–Crippen MR) is 82.7 cm³/mol. The minimum Gasteiger partial charge on any atom is -0.306 e. The molecule has 7 heteroatoms. The standard InChI is InChI=1S/C13H10IN3O3/c1-8-6-10(14)7-15-12(8)16-13(18)9-2-4-11(5-3-9)17(19)20/h2-7H,1H3,(H,15,16,18). The summed E-state index contributed by atoms with van der Waals surface area (Å²) in [7, 11) is 0. The van der Waals surface area contributed by atoms with E-state index in [0.717, 1.165) is 9.13 Å². The first-order valence-electron chi connectivity index (χ1n) is 5.65. The van der Waals surface area contributed by atoms with E-state index in [1.165, 1.54) is 24.3 Å². The molecular formula is C13H10IN3O3. The van der Waals surface area contributed by atoms with E-state index in [-0.39, 0.29) is 11.6 Å². The molecule has 1 aromatic carbocycles. The molecule has 0 aliphatic carbocycles. The monoisotopic (exact) mass is 383 g/mol. The minimum atomic E-state index is -0.507. The van der Waals surface area contributed by atoms with E-state index in [1.807, 2.05) is 13.0 Å². The normalized spacial score (nSPS) is 10.1. The van der Waals surface area contributed by atoms with Gasteiger partial charge in [-0.2, -0.15) is 0 Å². The molecule has 0 aliphatic heterocycles. The summed E-state index contributed by atoms with van der Waals surface area (Å²) in [5, 5.41) is 13.2. The number of aryl methyl sites for hydroxylation is 1. The molecule has 0 radical (unpaired) electrons. The molecule has 102 valence electrons. The highest BCUT2D eigenvalue weighted by molar-refractivity contribution is 14.1. The van der Waals surface area contributed by atoms with E-state index in [1.54, 1.807) is 6.20 Å². The zero-order chi connectivity index (χ0) is 14.7. The number of anilines is 1. The van der Waals surface area contributed by atoms with Crippen molar-refractivity contribution in [3.05, 3.63) is 61.3 Å². The number of halogens is 1. The molecule has 0 saturated carbocycles. The number of nitro groups is 1. The fraction of sp³-hybridized carbons (Fsp3) is 0.0769. The Morgan fingerprint density at radius 2 is 2.00 bits per heavy atom. The van der Waals surface area contributed by atoms with E-state index >= 15 is 0 Å². The molecule has 6 nitrogen and oxygen atoms in total. The van der Waals surface area contributed by atoms with E-state index < -0.39 is 4.92 Å². The van der Waals surface area contributed by atoms with Gasteiger partial charge in [-0.05, 0) is 53.3 Å². The SMILES string of the molecule is Cc1cc(I)cnc1NC(=O)c1ccc([N+](=O)[O-])cc1. The molecule has 1 amide bonds. The highest BCUT2D eigenvalue weighted by atomic mass is 127. The van der Waals surface area contributed by atoms with Crippen LogP contribution < -0.4 is 5.32 Å². The van der Waals surface area contributed by atoms with Crippen molar-refractivity contribution in [3.63, 3.8) is 0 Å². The highest BCUT2D eigenvalue weighted by Crippen LogP contribution is 2.16. The maximum absolute atomic E-state index is 12.0. The average molecular weight is 383 g/mol. The molecule has 1 aromatic heterocycles. The Labute approximate surface area is 128 Å². The van der Waals surface area contributed by atoms with Gasteiger partial charge in [0.05, 0.1) is 4.92 Å². The van der Waals surface area contributed by atoms with Gasteiger partial charge in [0.2, 0.25) is 0 Å². The Morgan fingerprint density at radius 3 is 2.55 bits per heavy atom. The second-order valence-corrected chi connectivity index (χ2v) is 5.32. The molecule has 0 spiro atoms. The fourth-order valence-electron chi connectivity index (χ4n) is 1.59. The van der Waals surface area contributed by atoms with Gasteiger partial charge in [-0.25, -0.2) is 4.98 Å². The van der Waals surface area contributed by atoms with Crippen molar-refractivity contribution in [3.8, 4) is 0 Å². The summed E-state index contributed by atoms with van der Waals surface area (Å²) in [6.07, 6.45) is 1.65. The molecular weight excluding hydrogens is 373 g/mol. The average Bonchev–Trinajstić information content (AvgIpc) is 2.42. The molecule has 1 heterocycles. The number of nitro benzene ring substituents is 1. The van der Waals surface area contributed by atoms with Crippen LogP contribution >= 0.6 is 22.6 Å². The summed E-state index contributed by atoms with van der Waals surface area (Å²) in [4.78, 5) is 26.2. The van der Waals surface area contributed by atoms with Crippen molar-refractivity contribution in [2.24, 2.45) is 0 Å². The van der Waals surface area contributed by atoms with Crippen molar-refractivity contribution in [2.45, 2.75) is 6.92 Å². The number of hydrogen-bond donors (Lipinski definition) is 1. The van der Waals surface area contributed by atoms with Crippen molar-refractivity contribution in [1.29, 1.82) is 0 Å². The van der Waals surface area contributed by atoms with Crippen LogP contribution in [0.15, 0.2) is 36.5 Å². The number of nitrogens with zero attached hydrogens (tertiary/aromatic N) is 2. The number of non-ortho nitro benzene ring substituents is 1. The van der Waals surface area contributed by atoms with Gasteiger partial charge in [-0.1, -0.05) is 0 Å². The Bertz CT molecular complexity index is 671. The number of carbonyl (C=O) groups excluding carboxylic acids is 1. The van der Waals surface area contributed by atoms with Crippen LogP contribution in [0, 0.1) is 20.6 Å². The summed E-state index contributed by atoms with van der Waals surface area (Å²) in [6.45, 7) is 1.85. The van der Waals surface area contributed by atoms with E-state index in [0.29, 0.717) is 11.4 Å². The Hall–Kier alpha value is -2.03. The summed E-state index contributed by atoms with van der Waals surface area (Å²) < 4.78 is 0.980. The fourth-order valence-corrected chi connectivity index (χ4v) is 2.19. The number of rotatable bonds is 3. The van der Waals surface area contributed by atoms with Crippen LogP contribution in [0.3, 0.4) is 0 Å². The van der Waals surface area contributed by atoms with Gasteiger partial charge in [0.25, 0.3) is 11.6 Å². The number of benzene rings is 1. The summed E-state index contributed by atoms with van der Waals surface area (Å²) >= 11 is 2.14. The lowest BCUT2D eigenvalue weighted by Gasteiger charge is -2.07. The first-order chi connectivity index (χ1) is 9.47. The Morgan fingerprint density at radius 1 is 1.35 bits per heavy atom. The highest BCUT2D eigenvalue weighted by Gasteiger charge is 2.11.